The molecule has 0 radical (unpaired) electrons. The minimum atomic E-state index is -0.354. The van der Waals surface area contributed by atoms with Gasteiger partial charge in [0.1, 0.15) is 5.60 Å². The van der Waals surface area contributed by atoms with Crippen molar-refractivity contribution in [1.29, 1.82) is 0 Å². The summed E-state index contributed by atoms with van der Waals surface area (Å²) < 4.78 is 5.37. The van der Waals surface area contributed by atoms with Gasteiger partial charge in [-0.15, -0.1) is 0 Å². The number of ether oxygens (including phenoxy) is 1. The second-order valence-electron chi connectivity index (χ2n) is 4.41. The van der Waals surface area contributed by atoms with E-state index >= 15 is 0 Å². The van der Waals surface area contributed by atoms with E-state index in [9.17, 15) is 4.79 Å². The molecule has 1 aliphatic heterocycles. The van der Waals surface area contributed by atoms with Crippen LogP contribution in [0.5, 0.6) is 0 Å². The van der Waals surface area contributed by atoms with Crippen molar-refractivity contribution in [2.24, 2.45) is 0 Å². The number of amides is 1. The Morgan fingerprint density at radius 1 is 1.64 bits per heavy atom. The van der Waals surface area contributed by atoms with E-state index in [4.69, 9.17) is 4.74 Å². The van der Waals surface area contributed by atoms with Crippen LogP contribution in [0.4, 0.5) is 4.79 Å². The van der Waals surface area contributed by atoms with Crippen molar-refractivity contribution in [2.45, 2.75) is 39.7 Å². The van der Waals surface area contributed by atoms with Gasteiger partial charge in [0.05, 0.1) is 0 Å². The van der Waals surface area contributed by atoms with Gasteiger partial charge in [0.2, 0.25) is 0 Å². The average molecular weight is 197 g/mol. The molecule has 0 aliphatic carbocycles. The zero-order valence-electron chi connectivity index (χ0n) is 9.46. The summed E-state index contributed by atoms with van der Waals surface area (Å²) in [5.74, 6) is 0. The van der Waals surface area contributed by atoms with Gasteiger partial charge >= 0.3 is 6.09 Å². The highest BCUT2D eigenvalue weighted by atomic mass is 16.6. The minimum absolute atomic E-state index is 0.204. The molecule has 0 aromatic heterocycles. The Bertz CT molecular complexity index is 256. The second kappa shape index (κ2) is 4.03. The molecule has 0 spiro atoms. The lowest BCUT2D eigenvalue weighted by molar-refractivity contribution is 0.0159. The van der Waals surface area contributed by atoms with Gasteiger partial charge in [0.25, 0.3) is 0 Å². The number of rotatable bonds is 2. The lowest BCUT2D eigenvalue weighted by Gasteiger charge is -2.26. The molecule has 0 saturated carbocycles. The van der Waals surface area contributed by atoms with E-state index < -0.39 is 0 Å². The van der Waals surface area contributed by atoms with Crippen LogP contribution in [0.1, 0.15) is 34.1 Å². The van der Waals surface area contributed by atoms with Crippen molar-refractivity contribution in [1.82, 2.24) is 4.90 Å². The molecule has 1 rings (SSSR count). The molecule has 0 atom stereocenters. The monoisotopic (exact) mass is 197 g/mol. The van der Waals surface area contributed by atoms with Crippen LogP contribution in [-0.2, 0) is 4.74 Å². The molecule has 0 bridgehead atoms. The molecule has 0 saturated heterocycles. The van der Waals surface area contributed by atoms with Crippen molar-refractivity contribution in [2.75, 3.05) is 13.1 Å². The summed E-state index contributed by atoms with van der Waals surface area (Å²) in [6.45, 7) is 9.30. The Labute approximate surface area is 85.7 Å². The predicted octanol–water partition coefficient (Wildman–Crippen LogP) is 2.57. The first-order valence-electron chi connectivity index (χ1n) is 5.08. The molecule has 0 aromatic rings. The van der Waals surface area contributed by atoms with Gasteiger partial charge in [0, 0.05) is 13.1 Å². The fraction of sp³-hybridized carbons (Fsp3) is 0.727. The zero-order chi connectivity index (χ0) is 10.8. The first-order valence-corrected chi connectivity index (χ1v) is 5.08. The van der Waals surface area contributed by atoms with Crippen molar-refractivity contribution in [3.05, 3.63) is 11.6 Å². The lowest BCUT2D eigenvalue weighted by Crippen LogP contribution is -2.36. The number of carbonyl (C=O) groups excluding carboxylic acids is 1. The predicted molar refractivity (Wildman–Crippen MR) is 56.2 cm³/mol. The first-order chi connectivity index (χ1) is 6.44. The lowest BCUT2D eigenvalue weighted by atomic mass is 10.1. The van der Waals surface area contributed by atoms with Gasteiger partial charge in [-0.2, -0.15) is 0 Å². The summed E-state index contributed by atoms with van der Waals surface area (Å²) in [5, 5.41) is 0. The van der Waals surface area contributed by atoms with Crippen molar-refractivity contribution in [3.63, 3.8) is 0 Å². The number of hydrogen-bond donors (Lipinski definition) is 0. The third-order valence-electron chi connectivity index (χ3n) is 2.57. The van der Waals surface area contributed by atoms with Gasteiger partial charge in [-0.25, -0.2) is 4.79 Å². The highest BCUT2D eigenvalue weighted by molar-refractivity contribution is 5.69. The molecular weight excluding hydrogens is 178 g/mol. The summed E-state index contributed by atoms with van der Waals surface area (Å²) in [4.78, 5) is 13.4. The quantitative estimate of drug-likeness (QED) is 0.637. The molecule has 1 heterocycles. The van der Waals surface area contributed by atoms with Crippen molar-refractivity contribution in [3.8, 4) is 0 Å². The third-order valence-corrected chi connectivity index (χ3v) is 2.57. The van der Waals surface area contributed by atoms with Crippen LogP contribution < -0.4 is 0 Å². The molecular formula is C11H19NO2. The Morgan fingerprint density at radius 3 is 2.71 bits per heavy atom. The third kappa shape index (κ3) is 2.76. The number of nitrogens with zero attached hydrogens (tertiary/aromatic N) is 1. The van der Waals surface area contributed by atoms with E-state index in [0.717, 1.165) is 6.42 Å². The van der Waals surface area contributed by atoms with Crippen LogP contribution in [0.2, 0.25) is 0 Å². The smallest absolute Gasteiger partial charge is 0.410 e. The summed E-state index contributed by atoms with van der Waals surface area (Å²) in [7, 11) is 0. The molecule has 14 heavy (non-hydrogen) atoms. The molecule has 80 valence electrons. The topological polar surface area (TPSA) is 29.5 Å². The van der Waals surface area contributed by atoms with Crippen LogP contribution in [0.15, 0.2) is 11.6 Å². The Kier molecular flexibility index (Phi) is 3.19. The van der Waals surface area contributed by atoms with E-state index in [1.54, 1.807) is 4.90 Å². The van der Waals surface area contributed by atoms with Gasteiger partial charge in [-0.05, 0) is 27.2 Å². The van der Waals surface area contributed by atoms with Gasteiger partial charge in [0.15, 0.2) is 0 Å². The molecule has 0 unspecified atom stereocenters. The normalized spacial score (nSPS) is 16.9. The molecule has 3 heteroatoms. The highest BCUT2D eigenvalue weighted by Crippen LogP contribution is 2.17. The Morgan fingerprint density at radius 2 is 2.29 bits per heavy atom. The van der Waals surface area contributed by atoms with Crippen LogP contribution in [0.25, 0.3) is 0 Å². The van der Waals surface area contributed by atoms with Crippen LogP contribution in [0, 0.1) is 0 Å². The van der Waals surface area contributed by atoms with E-state index in [-0.39, 0.29) is 11.7 Å². The van der Waals surface area contributed by atoms with Crippen molar-refractivity contribution < 1.29 is 9.53 Å². The summed E-state index contributed by atoms with van der Waals surface area (Å²) in [6.07, 6.45) is 2.68. The molecule has 1 aliphatic rings. The standard InChI is InChI=1S/C11H19NO2/c1-5-11(3,4)14-10(13)12-7-6-9(2)8-12/h6H,5,7-8H2,1-4H3. The highest BCUT2D eigenvalue weighted by Gasteiger charge is 2.25. The maximum absolute atomic E-state index is 11.6. The van der Waals surface area contributed by atoms with Crippen LogP contribution >= 0.6 is 0 Å². The van der Waals surface area contributed by atoms with Gasteiger partial charge < -0.3 is 9.64 Å². The SMILES string of the molecule is CCC(C)(C)OC(=O)N1CC=C(C)C1. The van der Waals surface area contributed by atoms with E-state index in [1.165, 1.54) is 5.57 Å². The first kappa shape index (κ1) is 11.1. The maximum Gasteiger partial charge on any atom is 0.410 e. The number of carbonyl (C=O) groups is 1. The van der Waals surface area contributed by atoms with Gasteiger partial charge in [-0.1, -0.05) is 18.6 Å². The largest absolute Gasteiger partial charge is 0.443 e. The van der Waals surface area contributed by atoms with Crippen LogP contribution in [-0.4, -0.2) is 29.7 Å². The summed E-state index contributed by atoms with van der Waals surface area (Å²) in [6, 6.07) is 0. The van der Waals surface area contributed by atoms with Crippen molar-refractivity contribution >= 4 is 6.09 Å². The summed E-state index contributed by atoms with van der Waals surface area (Å²) in [5.41, 5.74) is 0.879. The average Bonchev–Trinajstić information content (AvgIpc) is 2.51. The molecule has 0 N–H and O–H groups in total. The Balaban J connectivity index is 2.44. The van der Waals surface area contributed by atoms with Gasteiger partial charge in [-0.3, -0.25) is 0 Å². The molecule has 3 nitrogen and oxygen atoms in total. The fourth-order valence-corrected chi connectivity index (χ4v) is 1.21. The minimum Gasteiger partial charge on any atom is -0.443 e. The second-order valence-corrected chi connectivity index (χ2v) is 4.41. The zero-order valence-corrected chi connectivity index (χ0v) is 9.46. The van der Waals surface area contributed by atoms with E-state index in [2.05, 4.69) is 6.08 Å². The van der Waals surface area contributed by atoms with E-state index in [1.807, 2.05) is 27.7 Å². The Hall–Kier alpha value is -0.990. The number of hydrogen-bond acceptors (Lipinski definition) is 2. The van der Waals surface area contributed by atoms with Crippen LogP contribution in [0.3, 0.4) is 0 Å². The molecule has 1 amide bonds. The summed E-state index contributed by atoms with van der Waals surface area (Å²) >= 11 is 0. The maximum atomic E-state index is 11.6. The molecule has 0 fully saturated rings. The molecule has 0 aromatic carbocycles. The van der Waals surface area contributed by atoms with E-state index in [0.29, 0.717) is 13.1 Å². The fourth-order valence-electron chi connectivity index (χ4n) is 1.21.